The second-order valence-electron chi connectivity index (χ2n) is 2.50. The van der Waals surface area contributed by atoms with Crippen LogP contribution in [0.25, 0.3) is 0 Å². The summed E-state index contributed by atoms with van der Waals surface area (Å²) >= 11 is 0. The summed E-state index contributed by atoms with van der Waals surface area (Å²) in [5.41, 5.74) is 8.06. The Kier molecular flexibility index (Phi) is 1.53. The molecular weight excluding hydrogens is 126 g/mol. The molecule has 0 saturated heterocycles. The lowest BCUT2D eigenvalue weighted by Crippen LogP contribution is -1.88. The third-order valence-electron chi connectivity index (χ3n) is 1.64. The summed E-state index contributed by atoms with van der Waals surface area (Å²) in [6.07, 6.45) is 0. The number of hydrogen-bond acceptors (Lipinski definition) is 2. The Hall–Kier alpha value is -1.18. The van der Waals surface area contributed by atoms with Crippen molar-refractivity contribution in [3.63, 3.8) is 0 Å². The highest BCUT2D eigenvalue weighted by atomic mass is 16.3. The van der Waals surface area contributed by atoms with Crippen molar-refractivity contribution in [2.75, 3.05) is 5.73 Å². The van der Waals surface area contributed by atoms with Crippen LogP contribution in [0.15, 0.2) is 12.1 Å². The van der Waals surface area contributed by atoms with Gasteiger partial charge in [0.1, 0.15) is 5.75 Å². The van der Waals surface area contributed by atoms with E-state index in [4.69, 9.17) is 10.8 Å². The second-order valence-corrected chi connectivity index (χ2v) is 2.50. The molecule has 54 valence electrons. The van der Waals surface area contributed by atoms with Gasteiger partial charge in [0.25, 0.3) is 0 Å². The van der Waals surface area contributed by atoms with Crippen molar-refractivity contribution in [1.82, 2.24) is 0 Å². The van der Waals surface area contributed by atoms with Crippen LogP contribution in [-0.2, 0) is 0 Å². The van der Waals surface area contributed by atoms with Gasteiger partial charge in [-0.1, -0.05) is 0 Å². The highest BCUT2D eigenvalue weighted by Crippen LogP contribution is 2.23. The van der Waals surface area contributed by atoms with Gasteiger partial charge in [-0.2, -0.15) is 0 Å². The van der Waals surface area contributed by atoms with E-state index >= 15 is 0 Å². The van der Waals surface area contributed by atoms with Gasteiger partial charge in [0.2, 0.25) is 0 Å². The Morgan fingerprint density at radius 3 is 2.20 bits per heavy atom. The van der Waals surface area contributed by atoms with Crippen LogP contribution in [0.4, 0.5) is 5.69 Å². The molecule has 0 aliphatic heterocycles. The zero-order chi connectivity index (χ0) is 7.72. The van der Waals surface area contributed by atoms with Crippen LogP contribution < -0.4 is 5.73 Å². The molecule has 1 aromatic carbocycles. The van der Waals surface area contributed by atoms with E-state index in [1.54, 1.807) is 12.1 Å². The van der Waals surface area contributed by atoms with E-state index in [9.17, 15) is 0 Å². The number of nitrogens with two attached hydrogens (primary N) is 1. The smallest absolute Gasteiger partial charge is 0.138 e. The zero-order valence-corrected chi connectivity index (χ0v) is 6.18. The Morgan fingerprint density at radius 2 is 1.70 bits per heavy atom. The van der Waals surface area contributed by atoms with E-state index in [0.29, 0.717) is 5.69 Å². The highest BCUT2D eigenvalue weighted by molar-refractivity contribution is 5.55. The van der Waals surface area contributed by atoms with Gasteiger partial charge in [0.15, 0.2) is 0 Å². The predicted molar refractivity (Wildman–Crippen MR) is 42.0 cm³/mol. The first-order chi connectivity index (χ1) is 4.61. The Labute approximate surface area is 60.3 Å². The minimum atomic E-state index is 0.170. The van der Waals surface area contributed by atoms with Gasteiger partial charge in [-0.15, -0.1) is 0 Å². The molecule has 0 aliphatic carbocycles. The van der Waals surface area contributed by atoms with Gasteiger partial charge in [-0.05, 0) is 37.1 Å². The lowest BCUT2D eigenvalue weighted by Gasteiger charge is -2.02. The third kappa shape index (κ3) is 1.05. The fourth-order valence-electron chi connectivity index (χ4n) is 0.823. The fraction of sp³-hybridized carbons (Fsp3) is 0.250. The van der Waals surface area contributed by atoms with Crippen LogP contribution in [0, 0.1) is 13.8 Å². The first-order valence-corrected chi connectivity index (χ1v) is 3.17. The molecular formula is C8H11NO. The number of aromatic hydroxyl groups is 1. The normalized spacial score (nSPS) is 9.80. The van der Waals surface area contributed by atoms with Crippen LogP contribution in [0.3, 0.4) is 0 Å². The molecule has 1 rings (SSSR count). The van der Waals surface area contributed by atoms with Gasteiger partial charge in [-0.25, -0.2) is 0 Å². The molecule has 0 heterocycles. The maximum Gasteiger partial charge on any atom is 0.138 e. The summed E-state index contributed by atoms with van der Waals surface area (Å²) in [5, 5.41) is 9.10. The van der Waals surface area contributed by atoms with Crippen molar-refractivity contribution in [1.29, 1.82) is 0 Å². The van der Waals surface area contributed by atoms with Crippen molar-refractivity contribution in [3.8, 4) is 5.75 Å². The van der Waals surface area contributed by atoms with Crippen molar-refractivity contribution < 1.29 is 5.11 Å². The van der Waals surface area contributed by atoms with Gasteiger partial charge in [0.05, 0.1) is 5.69 Å². The van der Waals surface area contributed by atoms with Crippen LogP contribution >= 0.6 is 0 Å². The molecule has 0 fully saturated rings. The molecule has 0 unspecified atom stereocenters. The fourth-order valence-corrected chi connectivity index (χ4v) is 0.823. The summed E-state index contributed by atoms with van der Waals surface area (Å²) in [4.78, 5) is 0. The highest BCUT2D eigenvalue weighted by Gasteiger charge is 1.98. The van der Waals surface area contributed by atoms with Gasteiger partial charge >= 0.3 is 0 Å². The summed E-state index contributed by atoms with van der Waals surface area (Å²) in [7, 11) is 0. The first-order valence-electron chi connectivity index (χ1n) is 3.17. The maximum absolute atomic E-state index is 9.10. The molecule has 2 nitrogen and oxygen atoms in total. The van der Waals surface area contributed by atoms with Crippen LogP contribution in [0.2, 0.25) is 0 Å². The molecule has 0 aromatic heterocycles. The SMILES string of the molecule is Cc1cc(N)c(O)cc1C. The van der Waals surface area contributed by atoms with E-state index < -0.39 is 0 Å². The van der Waals surface area contributed by atoms with E-state index in [1.165, 1.54) is 0 Å². The predicted octanol–water partition coefficient (Wildman–Crippen LogP) is 1.59. The Morgan fingerprint density at radius 1 is 1.20 bits per heavy atom. The molecule has 0 aliphatic rings. The Bertz CT molecular complexity index is 205. The molecule has 0 atom stereocenters. The topological polar surface area (TPSA) is 46.2 Å². The van der Waals surface area contributed by atoms with Crippen LogP contribution in [0.1, 0.15) is 11.1 Å². The molecule has 3 N–H and O–H groups in total. The van der Waals surface area contributed by atoms with Crippen molar-refractivity contribution in [2.45, 2.75) is 13.8 Å². The third-order valence-corrected chi connectivity index (χ3v) is 1.64. The van der Waals surface area contributed by atoms with E-state index in [1.807, 2.05) is 13.8 Å². The maximum atomic E-state index is 9.10. The number of rotatable bonds is 0. The largest absolute Gasteiger partial charge is 0.506 e. The molecule has 0 amide bonds. The number of benzene rings is 1. The molecule has 0 saturated carbocycles. The monoisotopic (exact) mass is 137 g/mol. The summed E-state index contributed by atoms with van der Waals surface area (Å²) < 4.78 is 0. The average molecular weight is 137 g/mol. The first kappa shape index (κ1) is 6.93. The number of aryl methyl sites for hydroxylation is 2. The minimum Gasteiger partial charge on any atom is -0.506 e. The molecule has 2 heteroatoms. The van der Waals surface area contributed by atoms with Crippen molar-refractivity contribution in [3.05, 3.63) is 23.3 Å². The molecule has 0 radical (unpaired) electrons. The lowest BCUT2D eigenvalue weighted by atomic mass is 10.1. The zero-order valence-electron chi connectivity index (χ0n) is 6.18. The summed E-state index contributed by atoms with van der Waals surface area (Å²) in [5.74, 6) is 0.170. The van der Waals surface area contributed by atoms with Crippen LogP contribution in [-0.4, -0.2) is 5.11 Å². The molecule has 1 aromatic rings. The lowest BCUT2D eigenvalue weighted by molar-refractivity contribution is 0.477. The standard InChI is InChI=1S/C8H11NO/c1-5-3-7(9)8(10)4-6(5)2/h3-4,10H,9H2,1-2H3. The molecule has 0 spiro atoms. The summed E-state index contributed by atoms with van der Waals surface area (Å²) in [6.45, 7) is 3.90. The summed E-state index contributed by atoms with van der Waals surface area (Å²) in [6, 6.07) is 3.44. The van der Waals surface area contributed by atoms with Gasteiger partial charge in [0, 0.05) is 0 Å². The number of nitrogen functional groups attached to an aromatic ring is 1. The van der Waals surface area contributed by atoms with E-state index in [2.05, 4.69) is 0 Å². The van der Waals surface area contributed by atoms with E-state index in [0.717, 1.165) is 11.1 Å². The van der Waals surface area contributed by atoms with Crippen molar-refractivity contribution in [2.24, 2.45) is 0 Å². The molecule has 10 heavy (non-hydrogen) atoms. The quantitative estimate of drug-likeness (QED) is 0.421. The average Bonchev–Trinajstić information content (AvgIpc) is 1.84. The number of phenols is 1. The van der Waals surface area contributed by atoms with Gasteiger partial charge < -0.3 is 10.8 Å². The molecule has 0 bridgehead atoms. The second kappa shape index (κ2) is 2.21. The van der Waals surface area contributed by atoms with Crippen LogP contribution in [0.5, 0.6) is 5.75 Å². The number of hydrogen-bond donors (Lipinski definition) is 2. The number of phenolic OH excluding ortho intramolecular Hbond substituents is 1. The number of anilines is 1. The van der Waals surface area contributed by atoms with Crippen molar-refractivity contribution >= 4 is 5.69 Å². The minimum absolute atomic E-state index is 0.170. The van der Waals surface area contributed by atoms with Gasteiger partial charge in [-0.3, -0.25) is 0 Å². The van der Waals surface area contributed by atoms with E-state index in [-0.39, 0.29) is 5.75 Å². The Balaban J connectivity index is 3.28.